The molecule has 0 aromatic heterocycles. The summed E-state index contributed by atoms with van der Waals surface area (Å²) in [6.45, 7) is 1.81. The lowest BCUT2D eigenvalue weighted by Crippen LogP contribution is -2.46. The molecule has 2 fully saturated rings. The molecular weight excluding hydrogens is 427 g/mol. The zero-order valence-corrected chi connectivity index (χ0v) is 18.1. The van der Waals surface area contributed by atoms with Crippen LogP contribution in [-0.2, 0) is 21.2 Å². The molecule has 2 aromatic rings. The fourth-order valence-corrected chi connectivity index (χ4v) is 6.41. The number of piperidine rings is 1. The molecule has 2 saturated heterocycles. The van der Waals surface area contributed by atoms with Gasteiger partial charge in [0, 0.05) is 26.2 Å². The topological polar surface area (TPSA) is 57.7 Å². The Hall–Kier alpha value is -1.96. The summed E-state index contributed by atoms with van der Waals surface area (Å²) in [4.78, 5) is 15.1. The fraction of sp³-hybridized carbons (Fsp3) is 0.409. The Morgan fingerprint density at radius 1 is 1.00 bits per heavy atom. The molecule has 2 heterocycles. The van der Waals surface area contributed by atoms with Gasteiger partial charge < -0.3 is 4.90 Å². The van der Waals surface area contributed by atoms with Gasteiger partial charge in [0.2, 0.25) is 15.9 Å². The Morgan fingerprint density at radius 3 is 2.40 bits per heavy atom. The Balaban J connectivity index is 1.39. The predicted octanol–water partition coefficient (Wildman–Crippen LogP) is 3.73. The van der Waals surface area contributed by atoms with Crippen LogP contribution in [0.3, 0.4) is 0 Å². The minimum Gasteiger partial charge on any atom is -0.342 e. The highest BCUT2D eigenvalue weighted by Gasteiger charge is 2.49. The number of likely N-dealkylation sites (tertiary alicyclic amines) is 1. The van der Waals surface area contributed by atoms with E-state index in [2.05, 4.69) is 0 Å². The molecule has 8 heteroatoms. The van der Waals surface area contributed by atoms with Crippen molar-refractivity contribution in [3.8, 4) is 0 Å². The summed E-state index contributed by atoms with van der Waals surface area (Å²) in [6.07, 6.45) is 2.35. The second kappa shape index (κ2) is 8.29. The second-order valence-corrected chi connectivity index (χ2v) is 10.4. The van der Waals surface area contributed by atoms with Crippen LogP contribution in [0.15, 0.2) is 53.4 Å². The third-order valence-electron chi connectivity index (χ3n) is 6.29. The van der Waals surface area contributed by atoms with Crippen LogP contribution < -0.4 is 0 Å². The van der Waals surface area contributed by atoms with Gasteiger partial charge in [-0.2, -0.15) is 4.31 Å². The molecule has 2 aliphatic heterocycles. The molecule has 160 valence electrons. The van der Waals surface area contributed by atoms with Crippen LogP contribution in [0.5, 0.6) is 0 Å². The Kier molecular flexibility index (Phi) is 5.88. The van der Waals surface area contributed by atoms with Gasteiger partial charge in [-0.1, -0.05) is 35.9 Å². The summed E-state index contributed by atoms with van der Waals surface area (Å²) >= 11 is 6.10. The molecule has 30 heavy (non-hydrogen) atoms. The molecule has 0 unspecified atom stereocenters. The van der Waals surface area contributed by atoms with Gasteiger partial charge in [0.1, 0.15) is 10.7 Å². The highest BCUT2D eigenvalue weighted by Crippen LogP contribution is 2.42. The third-order valence-corrected chi connectivity index (χ3v) is 8.69. The molecular formula is C22H24ClFN2O3S. The number of rotatable bonds is 5. The molecule has 0 aliphatic carbocycles. The van der Waals surface area contributed by atoms with Gasteiger partial charge >= 0.3 is 0 Å². The molecule has 1 spiro atoms. The molecule has 0 atom stereocenters. The first-order chi connectivity index (χ1) is 14.3. The minimum atomic E-state index is -3.68. The largest absolute Gasteiger partial charge is 0.342 e. The standard InChI is InChI=1S/C22H24ClFN2O3S/c23-19-6-1-2-7-20(19)30(28,29)26-14-10-22(11-15-26)9-13-25(21(22)27)12-8-17-4-3-5-18(24)16-17/h1-7,16H,8-15H2. The molecule has 4 rings (SSSR count). The molecule has 0 bridgehead atoms. The Labute approximate surface area is 181 Å². The number of nitrogens with zero attached hydrogens (tertiary/aromatic N) is 2. The summed E-state index contributed by atoms with van der Waals surface area (Å²) in [5, 5.41) is 0.207. The highest BCUT2D eigenvalue weighted by molar-refractivity contribution is 7.89. The summed E-state index contributed by atoms with van der Waals surface area (Å²) < 4.78 is 40.7. The number of hydrogen-bond donors (Lipinski definition) is 0. The zero-order valence-electron chi connectivity index (χ0n) is 16.6. The molecule has 2 aliphatic rings. The van der Waals surface area contributed by atoms with Crippen LogP contribution in [-0.4, -0.2) is 49.7 Å². The van der Waals surface area contributed by atoms with E-state index in [1.165, 1.54) is 22.5 Å². The van der Waals surface area contributed by atoms with Gasteiger partial charge in [-0.05, 0) is 55.5 Å². The van der Waals surface area contributed by atoms with Crippen molar-refractivity contribution >= 4 is 27.5 Å². The van der Waals surface area contributed by atoms with E-state index < -0.39 is 15.4 Å². The van der Waals surface area contributed by atoms with E-state index >= 15 is 0 Å². The normalized spacial score (nSPS) is 19.5. The maximum absolute atomic E-state index is 13.4. The van der Waals surface area contributed by atoms with Crippen molar-refractivity contribution in [3.05, 3.63) is 64.9 Å². The minimum absolute atomic E-state index is 0.0914. The first kappa shape index (κ1) is 21.3. The summed E-state index contributed by atoms with van der Waals surface area (Å²) in [6, 6.07) is 12.9. The van der Waals surface area contributed by atoms with Crippen molar-refractivity contribution in [1.29, 1.82) is 0 Å². The first-order valence-corrected chi connectivity index (χ1v) is 11.9. The van der Waals surface area contributed by atoms with Crippen molar-refractivity contribution in [2.24, 2.45) is 5.41 Å². The van der Waals surface area contributed by atoms with Crippen LogP contribution in [0.1, 0.15) is 24.8 Å². The van der Waals surface area contributed by atoms with Gasteiger partial charge in [-0.15, -0.1) is 0 Å². The number of amides is 1. The summed E-state index contributed by atoms with van der Waals surface area (Å²) in [5.41, 5.74) is 0.374. The maximum Gasteiger partial charge on any atom is 0.244 e. The molecule has 5 nitrogen and oxygen atoms in total. The lowest BCUT2D eigenvalue weighted by molar-refractivity contribution is -0.137. The van der Waals surface area contributed by atoms with Crippen LogP contribution in [0, 0.1) is 11.2 Å². The quantitative estimate of drug-likeness (QED) is 0.697. The Bertz CT molecular complexity index is 1050. The molecule has 2 aromatic carbocycles. The SMILES string of the molecule is O=C1N(CCc2cccc(F)c2)CCC12CCN(S(=O)(=O)c1ccccc1Cl)CC2. The van der Waals surface area contributed by atoms with Crippen molar-refractivity contribution < 1.29 is 17.6 Å². The van der Waals surface area contributed by atoms with Crippen LogP contribution in [0.4, 0.5) is 4.39 Å². The number of carbonyl (C=O) groups excluding carboxylic acids is 1. The number of carbonyl (C=O) groups is 1. The van der Waals surface area contributed by atoms with Crippen molar-refractivity contribution in [1.82, 2.24) is 9.21 Å². The number of sulfonamides is 1. The summed E-state index contributed by atoms with van der Waals surface area (Å²) in [7, 11) is -3.68. The number of hydrogen-bond acceptors (Lipinski definition) is 3. The van der Waals surface area contributed by atoms with Gasteiger partial charge in [0.25, 0.3) is 0 Å². The molecule has 0 saturated carbocycles. The van der Waals surface area contributed by atoms with E-state index in [-0.39, 0.29) is 21.6 Å². The molecule has 0 radical (unpaired) electrons. The highest BCUT2D eigenvalue weighted by atomic mass is 35.5. The number of halogens is 2. The van der Waals surface area contributed by atoms with Crippen molar-refractivity contribution in [2.75, 3.05) is 26.2 Å². The van der Waals surface area contributed by atoms with E-state index in [4.69, 9.17) is 11.6 Å². The van der Waals surface area contributed by atoms with E-state index in [0.717, 1.165) is 12.0 Å². The van der Waals surface area contributed by atoms with Crippen LogP contribution in [0.25, 0.3) is 0 Å². The lowest BCUT2D eigenvalue weighted by Gasteiger charge is -2.37. The monoisotopic (exact) mass is 450 g/mol. The van der Waals surface area contributed by atoms with Crippen LogP contribution in [0.2, 0.25) is 5.02 Å². The smallest absolute Gasteiger partial charge is 0.244 e. The van der Waals surface area contributed by atoms with E-state index in [1.807, 2.05) is 11.0 Å². The van der Waals surface area contributed by atoms with Gasteiger partial charge in [-0.25, -0.2) is 12.8 Å². The van der Waals surface area contributed by atoms with Crippen molar-refractivity contribution in [3.63, 3.8) is 0 Å². The Morgan fingerprint density at radius 2 is 1.70 bits per heavy atom. The van der Waals surface area contributed by atoms with E-state index in [9.17, 15) is 17.6 Å². The predicted molar refractivity (Wildman–Crippen MR) is 113 cm³/mol. The summed E-state index contributed by atoms with van der Waals surface area (Å²) in [5.74, 6) is -0.183. The zero-order chi connectivity index (χ0) is 21.4. The average molecular weight is 451 g/mol. The lowest BCUT2D eigenvalue weighted by atomic mass is 9.77. The van der Waals surface area contributed by atoms with Gasteiger partial charge in [0.05, 0.1) is 10.4 Å². The molecule has 0 N–H and O–H groups in total. The van der Waals surface area contributed by atoms with E-state index in [1.54, 1.807) is 24.3 Å². The first-order valence-electron chi connectivity index (χ1n) is 10.1. The fourth-order valence-electron chi connectivity index (χ4n) is 4.47. The molecule has 1 amide bonds. The maximum atomic E-state index is 13.4. The van der Waals surface area contributed by atoms with E-state index in [0.29, 0.717) is 45.4 Å². The van der Waals surface area contributed by atoms with Gasteiger partial charge in [0.15, 0.2) is 0 Å². The second-order valence-electron chi connectivity index (χ2n) is 8.04. The average Bonchev–Trinajstić information content (AvgIpc) is 3.02. The van der Waals surface area contributed by atoms with Crippen molar-refractivity contribution in [2.45, 2.75) is 30.6 Å². The number of benzene rings is 2. The third kappa shape index (κ3) is 3.98. The van der Waals surface area contributed by atoms with Crippen LogP contribution >= 0.6 is 11.6 Å². The van der Waals surface area contributed by atoms with Gasteiger partial charge in [-0.3, -0.25) is 4.79 Å².